The predicted molar refractivity (Wildman–Crippen MR) is 103 cm³/mol. The number of hydrogen-bond acceptors (Lipinski definition) is 5. The molecule has 132 valence electrons. The van der Waals surface area contributed by atoms with Crippen LogP contribution in [-0.4, -0.2) is 39.6 Å². The third-order valence-electron chi connectivity index (χ3n) is 3.44. The molecular formula is C18H18INO5. The third kappa shape index (κ3) is 4.70. The van der Waals surface area contributed by atoms with Gasteiger partial charge in [0.2, 0.25) is 0 Å². The molecule has 0 fully saturated rings. The highest BCUT2D eigenvalue weighted by molar-refractivity contribution is 14.1. The van der Waals surface area contributed by atoms with Gasteiger partial charge in [-0.3, -0.25) is 9.59 Å². The number of methoxy groups -OCH3 is 3. The number of ketones is 1. The van der Waals surface area contributed by atoms with Crippen LogP contribution in [0.1, 0.15) is 20.7 Å². The van der Waals surface area contributed by atoms with E-state index in [1.54, 1.807) is 24.3 Å². The molecule has 0 unspecified atom stereocenters. The lowest BCUT2D eigenvalue weighted by molar-refractivity contribution is 0.0846. The normalized spacial score (nSPS) is 10.2. The maximum atomic E-state index is 12.5. The van der Waals surface area contributed by atoms with E-state index in [4.69, 9.17) is 14.2 Å². The van der Waals surface area contributed by atoms with Crippen molar-refractivity contribution >= 4 is 40.0 Å². The fourth-order valence-corrected chi connectivity index (χ4v) is 2.61. The molecule has 0 bridgehead atoms. The van der Waals surface area contributed by atoms with Crippen LogP contribution in [0, 0.1) is 3.57 Å². The van der Waals surface area contributed by atoms with Gasteiger partial charge >= 0.3 is 0 Å². The number of halogens is 1. The summed E-state index contributed by atoms with van der Waals surface area (Å²) in [6, 6.07) is 10.3. The molecule has 2 aromatic rings. The molecule has 2 rings (SSSR count). The number of carbonyl (C=O) groups is 2. The summed E-state index contributed by atoms with van der Waals surface area (Å²) in [4.78, 5) is 24.9. The second kappa shape index (κ2) is 8.82. The SMILES string of the molecule is COCC(=O)c1c(NC(=O)c2ccc(I)cc2)cc(OC)cc1OC. The molecule has 0 aromatic heterocycles. The topological polar surface area (TPSA) is 73.9 Å². The molecular weight excluding hydrogens is 437 g/mol. The van der Waals surface area contributed by atoms with Crippen molar-refractivity contribution in [1.82, 2.24) is 0 Å². The largest absolute Gasteiger partial charge is 0.497 e. The lowest BCUT2D eigenvalue weighted by Crippen LogP contribution is -2.17. The summed E-state index contributed by atoms with van der Waals surface area (Å²) >= 11 is 2.16. The molecule has 0 aliphatic carbocycles. The second-order valence-electron chi connectivity index (χ2n) is 5.07. The Morgan fingerprint density at radius 3 is 2.28 bits per heavy atom. The Kier molecular flexibility index (Phi) is 6.77. The molecule has 0 heterocycles. The van der Waals surface area contributed by atoms with Gasteiger partial charge < -0.3 is 19.5 Å². The van der Waals surface area contributed by atoms with Crippen molar-refractivity contribution in [3.8, 4) is 11.5 Å². The zero-order valence-corrected chi connectivity index (χ0v) is 16.2. The number of anilines is 1. The Labute approximate surface area is 159 Å². The number of benzene rings is 2. The van der Waals surface area contributed by atoms with Gasteiger partial charge in [-0.15, -0.1) is 0 Å². The summed E-state index contributed by atoms with van der Waals surface area (Å²) in [7, 11) is 4.37. The molecule has 6 nitrogen and oxygen atoms in total. The minimum atomic E-state index is -0.335. The second-order valence-corrected chi connectivity index (χ2v) is 6.32. The van der Waals surface area contributed by atoms with Crippen molar-refractivity contribution in [3.05, 3.63) is 51.1 Å². The molecule has 0 saturated heterocycles. The maximum absolute atomic E-state index is 12.5. The number of nitrogens with one attached hydrogen (secondary N) is 1. The minimum absolute atomic E-state index is 0.130. The average Bonchev–Trinajstić information content (AvgIpc) is 2.61. The highest BCUT2D eigenvalue weighted by Crippen LogP contribution is 2.33. The molecule has 0 radical (unpaired) electrons. The van der Waals surface area contributed by atoms with Gasteiger partial charge in [-0.2, -0.15) is 0 Å². The van der Waals surface area contributed by atoms with Crippen LogP contribution < -0.4 is 14.8 Å². The summed E-state index contributed by atoms with van der Waals surface area (Å²) < 4.78 is 16.5. The first-order valence-corrected chi connectivity index (χ1v) is 8.43. The molecule has 0 spiro atoms. The zero-order valence-electron chi connectivity index (χ0n) is 14.1. The van der Waals surface area contributed by atoms with Crippen molar-refractivity contribution in [1.29, 1.82) is 0 Å². The number of ether oxygens (including phenoxy) is 3. The quantitative estimate of drug-likeness (QED) is 0.512. The Balaban J connectivity index is 2.44. The Morgan fingerprint density at radius 2 is 1.72 bits per heavy atom. The van der Waals surface area contributed by atoms with Gasteiger partial charge in [-0.1, -0.05) is 0 Å². The number of Topliss-reactive ketones (excluding diaryl/α,β-unsaturated/α-hetero) is 1. The third-order valence-corrected chi connectivity index (χ3v) is 4.16. The molecule has 25 heavy (non-hydrogen) atoms. The van der Waals surface area contributed by atoms with Gasteiger partial charge in [-0.05, 0) is 46.9 Å². The van der Waals surface area contributed by atoms with Gasteiger partial charge in [0.05, 0.1) is 25.5 Å². The van der Waals surface area contributed by atoms with Crippen molar-refractivity contribution in [3.63, 3.8) is 0 Å². The first kappa shape index (κ1) is 19.2. The number of rotatable bonds is 7. The molecule has 0 saturated carbocycles. The van der Waals surface area contributed by atoms with E-state index in [1.165, 1.54) is 21.3 Å². The average molecular weight is 455 g/mol. The van der Waals surface area contributed by atoms with Crippen LogP contribution in [0.2, 0.25) is 0 Å². The maximum Gasteiger partial charge on any atom is 0.255 e. The van der Waals surface area contributed by atoms with Crippen molar-refractivity contribution < 1.29 is 23.8 Å². The summed E-state index contributed by atoms with van der Waals surface area (Å²) in [6.07, 6.45) is 0. The van der Waals surface area contributed by atoms with Gasteiger partial charge in [0, 0.05) is 28.4 Å². The van der Waals surface area contributed by atoms with E-state index in [9.17, 15) is 9.59 Å². The molecule has 0 aliphatic heterocycles. The van der Waals surface area contributed by atoms with Crippen LogP contribution in [0.4, 0.5) is 5.69 Å². The predicted octanol–water partition coefficient (Wildman–Crippen LogP) is 3.39. The first-order chi connectivity index (χ1) is 12.0. The highest BCUT2D eigenvalue weighted by Gasteiger charge is 2.21. The highest BCUT2D eigenvalue weighted by atomic mass is 127. The van der Waals surface area contributed by atoms with Gasteiger partial charge in [0.15, 0.2) is 5.78 Å². The minimum Gasteiger partial charge on any atom is -0.497 e. The fourth-order valence-electron chi connectivity index (χ4n) is 2.25. The van der Waals surface area contributed by atoms with E-state index in [0.29, 0.717) is 22.7 Å². The van der Waals surface area contributed by atoms with Crippen LogP contribution in [0.15, 0.2) is 36.4 Å². The van der Waals surface area contributed by atoms with E-state index in [-0.39, 0.29) is 23.9 Å². The Hall–Kier alpha value is -2.13. The molecule has 0 aliphatic rings. The standard InChI is InChI=1S/C18H18INO5/c1-23-10-15(21)17-14(8-13(24-2)9-16(17)25-3)20-18(22)11-4-6-12(19)7-5-11/h4-9H,10H2,1-3H3,(H,20,22). The van der Waals surface area contributed by atoms with E-state index in [2.05, 4.69) is 27.9 Å². The van der Waals surface area contributed by atoms with Gasteiger partial charge in [-0.25, -0.2) is 0 Å². The van der Waals surface area contributed by atoms with E-state index in [0.717, 1.165) is 3.57 Å². The summed E-state index contributed by atoms with van der Waals surface area (Å²) in [5, 5.41) is 2.76. The number of hydrogen-bond donors (Lipinski definition) is 1. The molecule has 1 N–H and O–H groups in total. The monoisotopic (exact) mass is 455 g/mol. The number of carbonyl (C=O) groups excluding carboxylic acids is 2. The van der Waals surface area contributed by atoms with Crippen molar-refractivity contribution in [2.75, 3.05) is 33.3 Å². The summed E-state index contributed by atoms with van der Waals surface area (Å²) in [5.41, 5.74) is 1.03. The van der Waals surface area contributed by atoms with Crippen LogP contribution in [0.3, 0.4) is 0 Å². The summed E-state index contributed by atoms with van der Waals surface area (Å²) in [6.45, 7) is -0.130. The first-order valence-electron chi connectivity index (χ1n) is 7.35. The number of amides is 1. The molecule has 2 aromatic carbocycles. The molecule has 1 amide bonds. The van der Waals surface area contributed by atoms with Crippen molar-refractivity contribution in [2.45, 2.75) is 0 Å². The van der Waals surface area contributed by atoms with Crippen LogP contribution in [0.5, 0.6) is 11.5 Å². The summed E-state index contributed by atoms with van der Waals surface area (Å²) in [5.74, 6) is 0.126. The Bertz CT molecular complexity index is 774. The van der Waals surface area contributed by atoms with Gasteiger partial charge in [0.25, 0.3) is 5.91 Å². The van der Waals surface area contributed by atoms with E-state index < -0.39 is 0 Å². The zero-order chi connectivity index (χ0) is 18.4. The lowest BCUT2D eigenvalue weighted by Gasteiger charge is -2.16. The smallest absolute Gasteiger partial charge is 0.255 e. The van der Waals surface area contributed by atoms with Crippen LogP contribution in [0.25, 0.3) is 0 Å². The van der Waals surface area contributed by atoms with E-state index >= 15 is 0 Å². The van der Waals surface area contributed by atoms with Gasteiger partial charge in [0.1, 0.15) is 18.1 Å². The Morgan fingerprint density at radius 1 is 1.04 bits per heavy atom. The lowest BCUT2D eigenvalue weighted by atomic mass is 10.1. The van der Waals surface area contributed by atoms with Crippen LogP contribution >= 0.6 is 22.6 Å². The van der Waals surface area contributed by atoms with E-state index in [1.807, 2.05) is 12.1 Å². The fraction of sp³-hybridized carbons (Fsp3) is 0.222. The van der Waals surface area contributed by atoms with Crippen LogP contribution in [-0.2, 0) is 4.74 Å². The van der Waals surface area contributed by atoms with Crippen molar-refractivity contribution in [2.24, 2.45) is 0 Å². The molecule has 7 heteroatoms. The molecule has 0 atom stereocenters.